The van der Waals surface area contributed by atoms with Gasteiger partial charge in [-0.1, -0.05) is 114 Å². The predicted octanol–water partition coefficient (Wildman–Crippen LogP) is 6.37. The van der Waals surface area contributed by atoms with Crippen LogP contribution in [0.15, 0.2) is 125 Å². The maximum atomic E-state index is 14.6. The highest BCUT2D eigenvalue weighted by Crippen LogP contribution is 2.53. The average molecular weight is 632 g/mol. The Morgan fingerprint density at radius 3 is 1.88 bits per heavy atom. The largest absolute Gasteiger partial charge is 0.355 e. The van der Waals surface area contributed by atoms with E-state index >= 15 is 0 Å². The van der Waals surface area contributed by atoms with Crippen LogP contribution >= 0.6 is 15.9 Å². The van der Waals surface area contributed by atoms with Crippen molar-refractivity contribution in [3.8, 4) is 0 Å². The van der Waals surface area contributed by atoms with E-state index in [2.05, 4.69) is 21.2 Å². The second kappa shape index (κ2) is 12.5. The van der Waals surface area contributed by atoms with Crippen molar-refractivity contribution in [3.05, 3.63) is 136 Å². The Hall–Kier alpha value is -3.59. The fourth-order valence-corrected chi connectivity index (χ4v) is 7.78. The number of nitrogens with zero attached hydrogens (tertiary/aromatic N) is 1. The van der Waals surface area contributed by atoms with Crippen molar-refractivity contribution in [1.29, 1.82) is 0 Å². The molecule has 41 heavy (non-hydrogen) atoms. The number of carbonyl (C=O) groups excluding carboxylic acids is 2. The van der Waals surface area contributed by atoms with Gasteiger partial charge in [-0.25, -0.2) is 8.42 Å². The molecule has 1 heterocycles. The van der Waals surface area contributed by atoms with Crippen LogP contribution in [0.25, 0.3) is 0 Å². The number of nitrogens with one attached hydrogen (secondary N) is 1. The highest BCUT2D eigenvalue weighted by molar-refractivity contribution is 9.10. The number of sulfonamides is 1. The summed E-state index contributed by atoms with van der Waals surface area (Å²) in [7, 11) is -4.26. The second-order valence-corrected chi connectivity index (χ2v) is 12.8. The molecule has 1 aliphatic heterocycles. The maximum absolute atomic E-state index is 14.6. The fourth-order valence-electron chi connectivity index (χ4n) is 5.71. The van der Waals surface area contributed by atoms with Gasteiger partial charge < -0.3 is 5.32 Å². The number of Topliss-reactive ketones (excluding diaryl/α,β-unsaturated/α-hetero) is 1. The monoisotopic (exact) mass is 630 g/mol. The molecule has 1 saturated heterocycles. The minimum atomic E-state index is -4.26. The van der Waals surface area contributed by atoms with E-state index < -0.39 is 39.8 Å². The van der Waals surface area contributed by atoms with Crippen LogP contribution in [0, 0.1) is 5.92 Å². The molecule has 0 saturated carbocycles. The van der Waals surface area contributed by atoms with Crippen molar-refractivity contribution in [2.75, 3.05) is 6.54 Å². The molecule has 210 valence electrons. The van der Waals surface area contributed by atoms with Crippen LogP contribution in [0.2, 0.25) is 0 Å². The third-order valence-corrected chi connectivity index (χ3v) is 9.91. The summed E-state index contributed by atoms with van der Waals surface area (Å²) in [4.78, 5) is 28.6. The third-order valence-electron chi connectivity index (χ3n) is 7.51. The lowest BCUT2D eigenvalue weighted by Crippen LogP contribution is -2.48. The SMILES string of the molecule is CCCNC(=O)C1C(c2ccccc2)C(C(=O)c2ccccc2)C(c2ccccc2)N1S(=O)(=O)c1ccc(Br)cc1. The van der Waals surface area contributed by atoms with Crippen molar-refractivity contribution >= 4 is 37.6 Å². The molecule has 0 radical (unpaired) electrons. The summed E-state index contributed by atoms with van der Waals surface area (Å²) in [6.45, 7) is 2.32. The van der Waals surface area contributed by atoms with Gasteiger partial charge in [0.15, 0.2) is 5.78 Å². The molecule has 4 unspecified atom stereocenters. The normalized spacial score (nSPS) is 20.9. The zero-order valence-corrected chi connectivity index (χ0v) is 25.0. The Morgan fingerprint density at radius 1 is 0.780 bits per heavy atom. The molecule has 8 heteroatoms. The van der Waals surface area contributed by atoms with Crippen molar-refractivity contribution in [2.45, 2.75) is 36.2 Å². The molecule has 6 nitrogen and oxygen atoms in total. The van der Waals surface area contributed by atoms with Crippen LogP contribution in [0.3, 0.4) is 0 Å². The van der Waals surface area contributed by atoms with Crippen LogP contribution in [-0.4, -0.2) is 37.0 Å². The summed E-state index contributed by atoms with van der Waals surface area (Å²) in [6.07, 6.45) is 0.683. The van der Waals surface area contributed by atoms with Crippen molar-refractivity contribution in [3.63, 3.8) is 0 Å². The molecule has 0 aromatic heterocycles. The standard InChI is InChI=1S/C33H31BrN2O4S/c1-2-22-35-33(38)31-28(23-12-6-3-7-13-23)29(32(37)25-16-10-5-11-17-25)30(24-14-8-4-9-15-24)36(31)41(39,40)27-20-18-26(34)19-21-27/h3-21,28-31H,2,22H2,1H3,(H,35,38). The zero-order valence-electron chi connectivity index (χ0n) is 22.6. The van der Waals surface area contributed by atoms with Crippen molar-refractivity contribution in [2.24, 2.45) is 5.92 Å². The second-order valence-electron chi connectivity index (χ2n) is 10.1. The molecule has 0 spiro atoms. The van der Waals surface area contributed by atoms with Gasteiger partial charge in [-0.3, -0.25) is 9.59 Å². The van der Waals surface area contributed by atoms with Gasteiger partial charge in [0.1, 0.15) is 6.04 Å². The Balaban J connectivity index is 1.81. The predicted molar refractivity (Wildman–Crippen MR) is 163 cm³/mol. The van der Waals surface area contributed by atoms with Crippen molar-refractivity contribution in [1.82, 2.24) is 9.62 Å². The zero-order chi connectivity index (χ0) is 29.0. The lowest BCUT2D eigenvalue weighted by molar-refractivity contribution is -0.124. The lowest BCUT2D eigenvalue weighted by Gasteiger charge is -2.30. The first kappa shape index (κ1) is 28.9. The van der Waals surface area contributed by atoms with Crippen molar-refractivity contribution < 1.29 is 18.0 Å². The quantitative estimate of drug-likeness (QED) is 0.218. The van der Waals surface area contributed by atoms with E-state index in [9.17, 15) is 18.0 Å². The summed E-state index contributed by atoms with van der Waals surface area (Å²) >= 11 is 3.39. The average Bonchev–Trinajstić information content (AvgIpc) is 3.38. The van der Waals surface area contributed by atoms with E-state index in [0.29, 0.717) is 24.1 Å². The molecule has 1 fully saturated rings. The minimum absolute atomic E-state index is 0.0505. The van der Waals surface area contributed by atoms with Crippen LogP contribution in [0.4, 0.5) is 0 Å². The third kappa shape index (κ3) is 5.77. The smallest absolute Gasteiger partial charge is 0.244 e. The van der Waals surface area contributed by atoms with Gasteiger partial charge in [-0.2, -0.15) is 4.31 Å². The Morgan fingerprint density at radius 2 is 1.32 bits per heavy atom. The summed E-state index contributed by atoms with van der Waals surface area (Å²) in [5.74, 6) is -2.25. The number of halogens is 1. The molecule has 1 amide bonds. The Kier molecular flexibility index (Phi) is 8.82. The lowest BCUT2D eigenvalue weighted by atomic mass is 9.76. The van der Waals surface area contributed by atoms with Gasteiger partial charge in [0.2, 0.25) is 15.9 Å². The van der Waals surface area contributed by atoms with Crippen LogP contribution in [0.5, 0.6) is 0 Å². The summed E-state index contributed by atoms with van der Waals surface area (Å²) in [5, 5.41) is 2.94. The van der Waals surface area contributed by atoms with Gasteiger partial charge in [-0.05, 0) is 41.8 Å². The Labute approximate surface area is 249 Å². The number of hydrogen-bond donors (Lipinski definition) is 1. The summed E-state index contributed by atoms with van der Waals surface area (Å²) in [6, 6.07) is 31.6. The van der Waals surface area contributed by atoms with E-state index in [1.165, 1.54) is 16.4 Å². The molecule has 0 aliphatic carbocycles. The molecule has 4 atom stereocenters. The number of ketones is 1. The van der Waals surface area contributed by atoms with Gasteiger partial charge >= 0.3 is 0 Å². The summed E-state index contributed by atoms with van der Waals surface area (Å²) in [5.41, 5.74) is 1.84. The molecule has 4 aromatic rings. The molecule has 1 aliphatic rings. The summed E-state index contributed by atoms with van der Waals surface area (Å²) < 4.78 is 31.3. The van der Waals surface area contributed by atoms with E-state index in [-0.39, 0.29) is 10.7 Å². The highest BCUT2D eigenvalue weighted by atomic mass is 79.9. The number of benzene rings is 4. The number of amides is 1. The van der Waals surface area contributed by atoms with Crippen LogP contribution < -0.4 is 5.32 Å². The van der Waals surface area contributed by atoms with E-state index in [1.54, 1.807) is 36.4 Å². The van der Waals surface area contributed by atoms with Gasteiger partial charge in [-0.15, -0.1) is 0 Å². The Bertz CT molecular complexity index is 1600. The van der Waals surface area contributed by atoms with Gasteiger partial charge in [0.25, 0.3) is 0 Å². The van der Waals surface area contributed by atoms with E-state index in [4.69, 9.17) is 0 Å². The van der Waals surface area contributed by atoms with E-state index in [0.717, 1.165) is 10.0 Å². The highest BCUT2D eigenvalue weighted by Gasteiger charge is 2.59. The minimum Gasteiger partial charge on any atom is -0.355 e. The van der Waals surface area contributed by atoms with E-state index in [1.807, 2.05) is 73.7 Å². The molecule has 1 N–H and O–H groups in total. The molecule has 0 bridgehead atoms. The first-order chi connectivity index (χ1) is 19.8. The molecule has 5 rings (SSSR count). The van der Waals surface area contributed by atoms with Gasteiger partial charge in [0, 0.05) is 22.5 Å². The first-order valence-corrected chi connectivity index (χ1v) is 15.8. The molecule has 4 aromatic carbocycles. The van der Waals surface area contributed by atoms with Crippen LogP contribution in [0.1, 0.15) is 46.8 Å². The molecular formula is C33H31BrN2O4S. The number of hydrogen-bond acceptors (Lipinski definition) is 4. The molecular weight excluding hydrogens is 600 g/mol. The van der Waals surface area contributed by atoms with Gasteiger partial charge in [0.05, 0.1) is 16.9 Å². The maximum Gasteiger partial charge on any atom is 0.244 e. The number of rotatable bonds is 9. The first-order valence-electron chi connectivity index (χ1n) is 13.6. The topological polar surface area (TPSA) is 83.6 Å². The fraction of sp³-hybridized carbons (Fsp3) is 0.212. The number of carbonyl (C=O) groups is 2. The van der Waals surface area contributed by atoms with Crippen LogP contribution in [-0.2, 0) is 14.8 Å².